The first-order chi connectivity index (χ1) is 16.2. The van der Waals surface area contributed by atoms with Crippen molar-refractivity contribution >= 4 is 33.4 Å². The third-order valence-electron chi connectivity index (χ3n) is 5.16. The predicted molar refractivity (Wildman–Crippen MR) is 118 cm³/mol. The van der Waals surface area contributed by atoms with Gasteiger partial charge in [0.2, 0.25) is 0 Å². The molecule has 0 saturated carbocycles. The summed E-state index contributed by atoms with van der Waals surface area (Å²) >= 11 is 0. The molecule has 2 aliphatic rings. The number of anilines is 1. The Kier molecular flexibility index (Phi) is 9.95. The number of rotatable bonds is 5. The summed E-state index contributed by atoms with van der Waals surface area (Å²) in [5, 5.41) is 0. The van der Waals surface area contributed by atoms with E-state index in [1.165, 1.54) is 6.33 Å². The number of nitrogen functional groups attached to an aromatic ring is 1. The second kappa shape index (κ2) is 12.3. The zero-order valence-electron chi connectivity index (χ0n) is 17.9. The number of hydrogen-bond donors (Lipinski definition) is 5. The number of ether oxygens (including phenoxy) is 3. The number of imidazole rings is 1. The number of H-pyrrole nitrogens is 1. The van der Waals surface area contributed by atoms with Crippen LogP contribution in [0.2, 0.25) is 0 Å². The molecule has 0 bridgehead atoms. The van der Waals surface area contributed by atoms with Crippen molar-refractivity contribution in [3.63, 3.8) is 0 Å². The summed E-state index contributed by atoms with van der Waals surface area (Å²) in [5.41, 5.74) is 6.90. The van der Waals surface area contributed by atoms with Gasteiger partial charge in [0.15, 0.2) is 18.0 Å². The van der Waals surface area contributed by atoms with Crippen LogP contribution < -0.4 is 11.3 Å². The molecule has 2 fully saturated rings. The number of nitrogens with one attached hydrogen (secondary N) is 1. The smallest absolute Gasteiger partial charge is 0.316 e. The van der Waals surface area contributed by atoms with Gasteiger partial charge in [-0.1, -0.05) is 30.3 Å². The van der Waals surface area contributed by atoms with E-state index in [2.05, 4.69) is 9.97 Å². The third kappa shape index (κ3) is 6.54. The van der Waals surface area contributed by atoms with E-state index < -0.39 is 52.9 Å². The van der Waals surface area contributed by atoms with Crippen LogP contribution in [0.1, 0.15) is 18.1 Å². The topological polar surface area (TPSA) is 208 Å². The molecule has 1 radical (unpaired) electrons. The third-order valence-corrected chi connectivity index (χ3v) is 5.57. The minimum atomic E-state index is -3.14. The van der Waals surface area contributed by atoms with Gasteiger partial charge in [0.05, 0.1) is 18.5 Å². The van der Waals surface area contributed by atoms with Gasteiger partial charge >= 0.3 is 16.5 Å². The molecule has 17 heteroatoms. The fourth-order valence-corrected chi connectivity index (χ4v) is 4.19. The van der Waals surface area contributed by atoms with Crippen LogP contribution in [0.3, 0.4) is 0 Å². The first-order valence-corrected chi connectivity index (χ1v) is 12.5. The van der Waals surface area contributed by atoms with Crippen molar-refractivity contribution in [1.29, 1.82) is 0 Å². The van der Waals surface area contributed by atoms with Gasteiger partial charge in [-0.25, -0.2) is 4.98 Å². The first kappa shape index (κ1) is 28.3. The van der Waals surface area contributed by atoms with E-state index in [0.29, 0.717) is 5.52 Å². The fourth-order valence-electron chi connectivity index (χ4n) is 3.88. The number of aromatic nitrogens is 3. The maximum Gasteiger partial charge on any atom is 0.316 e. The summed E-state index contributed by atoms with van der Waals surface area (Å²) in [6.45, 7) is -0.147. The number of fused-ring (bicyclic) bond motifs is 2. The van der Waals surface area contributed by atoms with Gasteiger partial charge in [-0.15, -0.1) is 0 Å². The Hall–Kier alpha value is -1.28. The van der Waals surface area contributed by atoms with Gasteiger partial charge in [0.25, 0.3) is 5.56 Å². The average Bonchev–Trinajstić information content (AvgIpc) is 3.46. The summed E-state index contributed by atoms with van der Waals surface area (Å²) in [7, 11) is -6.27. The summed E-state index contributed by atoms with van der Waals surface area (Å²) in [5.74, 6) is 0.188. The quantitative estimate of drug-likeness (QED) is 0.251. The van der Waals surface area contributed by atoms with Crippen molar-refractivity contribution in [3.05, 3.63) is 58.6 Å². The van der Waals surface area contributed by atoms with E-state index >= 15 is 0 Å². The Morgan fingerprint density at radius 2 is 1.77 bits per heavy atom. The maximum atomic E-state index is 12.1. The molecule has 4 unspecified atom stereocenters. The molecule has 14 nitrogen and oxygen atoms in total. The molecule has 3 aromatic rings. The van der Waals surface area contributed by atoms with Gasteiger partial charge < -0.3 is 48.7 Å². The zero-order chi connectivity index (χ0) is 24.4. The van der Waals surface area contributed by atoms with Crippen LogP contribution in [-0.4, -0.2) is 54.1 Å². The second-order valence-electron chi connectivity index (χ2n) is 7.31. The van der Waals surface area contributed by atoms with E-state index in [0.717, 1.165) is 5.56 Å². The molecule has 5 rings (SSSR count). The van der Waals surface area contributed by atoms with Crippen molar-refractivity contribution in [1.82, 2.24) is 14.5 Å². The molecule has 187 valence electrons. The summed E-state index contributed by atoms with van der Waals surface area (Å²) in [4.78, 5) is 42.2. The van der Waals surface area contributed by atoms with Crippen molar-refractivity contribution in [2.45, 2.75) is 30.8 Å². The monoisotopic (exact) mass is 605 g/mol. The molecule has 0 aliphatic carbocycles. The number of benzene rings is 1. The van der Waals surface area contributed by atoms with Gasteiger partial charge in [0, 0.05) is 44.3 Å². The van der Waals surface area contributed by atoms with Crippen molar-refractivity contribution < 1.29 is 75.3 Å². The molecule has 1 aromatic carbocycles. The number of nitrogens with two attached hydrogens (primary N) is 1. The number of pyridine rings is 1. The van der Waals surface area contributed by atoms with E-state index in [4.69, 9.17) is 43.7 Å². The summed E-state index contributed by atoms with van der Waals surface area (Å²) in [6, 6.07) is 11.0. The summed E-state index contributed by atoms with van der Waals surface area (Å²) < 4.78 is 44.6. The van der Waals surface area contributed by atoms with Gasteiger partial charge in [-0.2, -0.15) is 0 Å². The SMILES string of the molecule is Nc1cc2c(ncn2[C@@H]2O[C@H](CO[PH](=O)O)C3OC(c4ccccc4)OC32)c(=O)[nH]1.O=[PH](O)O.[Y]. The molecule has 2 aliphatic heterocycles. The molecule has 6 atom stereocenters. The van der Waals surface area contributed by atoms with Gasteiger partial charge in [-0.3, -0.25) is 13.9 Å². The van der Waals surface area contributed by atoms with Crippen LogP contribution in [0.15, 0.2) is 47.5 Å². The molecule has 4 heterocycles. The van der Waals surface area contributed by atoms with Crippen LogP contribution in [0.25, 0.3) is 11.0 Å². The predicted octanol–water partition coefficient (Wildman–Crippen LogP) is 0.444. The minimum absolute atomic E-state index is 0. The van der Waals surface area contributed by atoms with Gasteiger partial charge in [0.1, 0.15) is 24.1 Å². The molecule has 6 N–H and O–H groups in total. The van der Waals surface area contributed by atoms with Crippen molar-refractivity contribution in [2.75, 3.05) is 12.3 Å². The Balaban J connectivity index is 0.000000638. The van der Waals surface area contributed by atoms with E-state index in [9.17, 15) is 9.36 Å². The molecule has 2 aromatic heterocycles. The fraction of sp³-hybridized carbons (Fsp3) is 0.333. The largest absolute Gasteiger partial charge is 0.385 e. The molecule has 35 heavy (non-hydrogen) atoms. The second-order valence-corrected chi connectivity index (χ2v) is 8.69. The molecule has 2 saturated heterocycles. The minimum Gasteiger partial charge on any atom is -0.385 e. The normalized spacial score (nSPS) is 26.1. The zero-order valence-corrected chi connectivity index (χ0v) is 22.7. The maximum absolute atomic E-state index is 12.1. The number of aromatic amines is 1. The molecule has 0 amide bonds. The first-order valence-electron chi connectivity index (χ1n) is 9.89. The molecular weight excluding hydrogens is 583 g/mol. The van der Waals surface area contributed by atoms with Crippen molar-refractivity contribution in [3.8, 4) is 0 Å². The van der Waals surface area contributed by atoms with Crippen molar-refractivity contribution in [2.24, 2.45) is 0 Å². The Morgan fingerprint density at radius 1 is 1.11 bits per heavy atom. The standard InChI is InChI=1S/C18H19N4O7P.H3O3P.Y/c19-12-6-10-13(16(23)21-12)20-8-22(10)17-15-14(11(27-17)7-26-30(24)25)28-18(29-15)9-4-2-1-3-5-9;1-4(2)3;/h1-6,8,11,14-15,17-18,30H,7H2,(H,24,25)(H3,19,21,23);4H,(H2,1,2,3);/t11-,14?,15?,17-,18?;;/m1../s1. The summed E-state index contributed by atoms with van der Waals surface area (Å²) in [6.07, 6.45) is -1.65. The Labute approximate surface area is 224 Å². The van der Waals surface area contributed by atoms with Gasteiger partial charge in [-0.05, 0) is 0 Å². The number of nitrogens with zero attached hydrogens (tertiary/aromatic N) is 2. The van der Waals surface area contributed by atoms with Crippen LogP contribution in [0, 0.1) is 0 Å². The average molecular weight is 605 g/mol. The van der Waals surface area contributed by atoms with Crippen LogP contribution in [0.4, 0.5) is 5.82 Å². The Morgan fingerprint density at radius 3 is 2.43 bits per heavy atom. The van der Waals surface area contributed by atoms with E-state index in [1.807, 2.05) is 30.3 Å². The molecular formula is C18H22N4O10P2Y. The van der Waals surface area contributed by atoms with E-state index in [1.54, 1.807) is 10.6 Å². The van der Waals surface area contributed by atoms with Crippen LogP contribution in [-0.2, 0) is 60.6 Å². The Bertz CT molecular complexity index is 1260. The molecule has 0 spiro atoms. The number of hydrogen-bond acceptors (Lipinski definition) is 9. The van der Waals surface area contributed by atoms with Crippen LogP contribution in [0.5, 0.6) is 0 Å². The van der Waals surface area contributed by atoms with Crippen LogP contribution >= 0.6 is 16.5 Å². The van der Waals surface area contributed by atoms with E-state index in [-0.39, 0.29) is 50.7 Å².